The number of aromatic hydroxyl groups is 1. The minimum absolute atomic E-state index is 0.0324. The van der Waals surface area contributed by atoms with Crippen LogP contribution in [0.3, 0.4) is 0 Å². The Labute approximate surface area is 176 Å². The van der Waals surface area contributed by atoms with Gasteiger partial charge in [0.2, 0.25) is 11.6 Å². The molecule has 0 radical (unpaired) electrons. The van der Waals surface area contributed by atoms with Crippen LogP contribution in [0.1, 0.15) is 41.5 Å². The van der Waals surface area contributed by atoms with E-state index < -0.39 is 34.3 Å². The highest BCUT2D eigenvalue weighted by molar-refractivity contribution is 5.94. The van der Waals surface area contributed by atoms with Gasteiger partial charge in [0.1, 0.15) is 23.0 Å². The van der Waals surface area contributed by atoms with Gasteiger partial charge in [-0.3, -0.25) is 14.2 Å². The van der Waals surface area contributed by atoms with Gasteiger partial charge in [0.05, 0.1) is 19.3 Å². The number of hydrogen-bond donors (Lipinski definition) is 2. The van der Waals surface area contributed by atoms with Crippen LogP contribution >= 0.6 is 0 Å². The van der Waals surface area contributed by atoms with Gasteiger partial charge in [-0.05, 0) is 38.5 Å². The number of benzene rings is 1. The normalized spacial score (nSPS) is 14.8. The molecule has 162 valence electrons. The summed E-state index contributed by atoms with van der Waals surface area (Å²) in [5.74, 6) is -0.940. The second kappa shape index (κ2) is 7.62. The molecule has 0 saturated carbocycles. The Kier molecular flexibility index (Phi) is 5.10. The van der Waals surface area contributed by atoms with E-state index in [4.69, 9.17) is 9.15 Å². The van der Waals surface area contributed by atoms with E-state index in [0.717, 1.165) is 0 Å². The fourth-order valence-electron chi connectivity index (χ4n) is 3.47. The van der Waals surface area contributed by atoms with Crippen molar-refractivity contribution in [3.8, 4) is 17.2 Å². The molecule has 3 heterocycles. The monoisotopic (exact) mass is 428 g/mol. The summed E-state index contributed by atoms with van der Waals surface area (Å²) in [5, 5.41) is 12.9. The molecule has 1 aromatic carbocycles. The summed E-state index contributed by atoms with van der Waals surface area (Å²) in [6, 6.07) is 4.01. The molecule has 2 N–H and O–H groups in total. The van der Waals surface area contributed by atoms with Crippen molar-refractivity contribution >= 4 is 5.91 Å². The van der Waals surface area contributed by atoms with E-state index >= 15 is 0 Å². The van der Waals surface area contributed by atoms with Crippen LogP contribution in [0.25, 0.3) is 11.5 Å². The number of fused-ring (bicyclic) bond motifs is 1. The van der Waals surface area contributed by atoms with E-state index in [9.17, 15) is 19.1 Å². The molecule has 0 saturated heterocycles. The first-order chi connectivity index (χ1) is 14.7. The summed E-state index contributed by atoms with van der Waals surface area (Å²) in [4.78, 5) is 33.7. The maximum atomic E-state index is 13.8. The number of aryl methyl sites for hydroxylation is 1. The van der Waals surface area contributed by atoms with Gasteiger partial charge in [-0.25, -0.2) is 14.4 Å². The van der Waals surface area contributed by atoms with Crippen molar-refractivity contribution < 1.29 is 23.4 Å². The maximum Gasteiger partial charge on any atom is 0.296 e. The van der Waals surface area contributed by atoms with E-state index in [2.05, 4.69) is 15.3 Å². The second-order valence-electron chi connectivity index (χ2n) is 7.71. The van der Waals surface area contributed by atoms with Gasteiger partial charge in [-0.1, -0.05) is 6.07 Å². The number of amides is 1. The summed E-state index contributed by atoms with van der Waals surface area (Å²) in [7, 11) is 0. The average molecular weight is 428 g/mol. The molecule has 10 heteroatoms. The highest BCUT2D eigenvalue weighted by Crippen LogP contribution is 2.28. The third-order valence-electron chi connectivity index (χ3n) is 5.04. The zero-order chi connectivity index (χ0) is 22.3. The number of aromatic nitrogens is 3. The summed E-state index contributed by atoms with van der Waals surface area (Å²) in [6.45, 7) is 5.66. The molecule has 2 aromatic heterocycles. The van der Waals surface area contributed by atoms with Gasteiger partial charge >= 0.3 is 0 Å². The molecule has 1 amide bonds. The fraction of sp³-hybridized carbons (Fsp3) is 0.333. The summed E-state index contributed by atoms with van der Waals surface area (Å²) in [5.41, 5.74) is -1.08. The van der Waals surface area contributed by atoms with Crippen molar-refractivity contribution in [2.24, 2.45) is 0 Å². The van der Waals surface area contributed by atoms with Crippen molar-refractivity contribution in [1.82, 2.24) is 19.9 Å². The Morgan fingerprint density at radius 2 is 2.16 bits per heavy atom. The van der Waals surface area contributed by atoms with Crippen LogP contribution < -0.4 is 10.9 Å². The second-order valence-corrected chi connectivity index (χ2v) is 7.71. The van der Waals surface area contributed by atoms with Crippen molar-refractivity contribution in [1.29, 1.82) is 0 Å². The quantitative estimate of drug-likeness (QED) is 0.654. The fourth-order valence-corrected chi connectivity index (χ4v) is 3.47. The van der Waals surface area contributed by atoms with Crippen LogP contribution in [0.4, 0.5) is 4.39 Å². The van der Waals surface area contributed by atoms with Crippen LogP contribution in [-0.4, -0.2) is 32.2 Å². The molecule has 1 aliphatic heterocycles. The molecule has 0 fully saturated rings. The lowest BCUT2D eigenvalue weighted by molar-refractivity contribution is -0.0566. The lowest BCUT2D eigenvalue weighted by atomic mass is 10.1. The summed E-state index contributed by atoms with van der Waals surface area (Å²) >= 11 is 0. The predicted molar refractivity (Wildman–Crippen MR) is 107 cm³/mol. The van der Waals surface area contributed by atoms with Crippen LogP contribution in [0.2, 0.25) is 0 Å². The van der Waals surface area contributed by atoms with Gasteiger partial charge < -0.3 is 19.6 Å². The first-order valence-corrected chi connectivity index (χ1v) is 9.65. The van der Waals surface area contributed by atoms with Gasteiger partial charge in [0.15, 0.2) is 5.69 Å². The number of rotatable bonds is 4. The average Bonchev–Trinajstić information content (AvgIpc) is 3.15. The summed E-state index contributed by atoms with van der Waals surface area (Å²) < 4.78 is 26.2. The molecule has 31 heavy (non-hydrogen) atoms. The SMILES string of the molecule is Cc1cnc(-c2cc(F)ccc2CNC(=O)c2nc3n(c(=O)c2O)CCOC3(C)C)o1. The Balaban J connectivity index is 1.64. The predicted octanol–water partition coefficient (Wildman–Crippen LogP) is 2.25. The molecule has 0 aliphatic carbocycles. The summed E-state index contributed by atoms with van der Waals surface area (Å²) in [6.07, 6.45) is 1.51. The Hall–Kier alpha value is -3.53. The van der Waals surface area contributed by atoms with Gasteiger partial charge in [-0.15, -0.1) is 0 Å². The number of hydrogen-bond acceptors (Lipinski definition) is 7. The van der Waals surface area contributed by atoms with Crippen LogP contribution in [-0.2, 0) is 23.4 Å². The first kappa shape index (κ1) is 20.7. The van der Waals surface area contributed by atoms with Crippen molar-refractivity contribution in [2.45, 2.75) is 39.5 Å². The highest BCUT2D eigenvalue weighted by atomic mass is 19.1. The number of oxazole rings is 1. The number of carbonyl (C=O) groups is 1. The number of halogens is 1. The standard InChI is InChI=1S/C21H21FN4O5/c1-11-9-24-18(31-11)14-8-13(22)5-4-12(14)10-23-17(28)15-16(27)19(29)26-6-7-30-21(2,3)20(26)25-15/h4-5,8-9,27H,6-7,10H2,1-3H3,(H,23,28). The molecule has 0 unspecified atom stereocenters. The Morgan fingerprint density at radius 1 is 1.39 bits per heavy atom. The third-order valence-corrected chi connectivity index (χ3v) is 5.04. The zero-order valence-corrected chi connectivity index (χ0v) is 17.2. The molecule has 3 aromatic rings. The molecule has 4 rings (SSSR count). The van der Waals surface area contributed by atoms with Crippen molar-refractivity contribution in [3.63, 3.8) is 0 Å². The minimum atomic E-state index is -0.896. The van der Waals surface area contributed by atoms with Crippen molar-refractivity contribution in [2.75, 3.05) is 6.61 Å². The molecule has 0 bridgehead atoms. The topological polar surface area (TPSA) is 119 Å². The Morgan fingerprint density at radius 3 is 2.87 bits per heavy atom. The minimum Gasteiger partial charge on any atom is -0.501 e. The van der Waals surface area contributed by atoms with E-state index in [1.54, 1.807) is 20.8 Å². The molecule has 9 nitrogen and oxygen atoms in total. The number of nitrogens with zero attached hydrogens (tertiary/aromatic N) is 3. The number of carbonyl (C=O) groups excluding carboxylic acids is 1. The lowest BCUT2D eigenvalue weighted by Gasteiger charge is -2.32. The Bertz CT molecular complexity index is 1230. The molecular formula is C21H21FN4O5. The maximum absolute atomic E-state index is 13.8. The van der Waals surface area contributed by atoms with Crippen LogP contribution in [0.5, 0.6) is 5.75 Å². The van der Waals surface area contributed by atoms with Crippen LogP contribution in [0.15, 0.2) is 33.6 Å². The van der Waals surface area contributed by atoms with Gasteiger partial charge in [0.25, 0.3) is 11.5 Å². The molecular weight excluding hydrogens is 407 g/mol. The zero-order valence-electron chi connectivity index (χ0n) is 17.2. The lowest BCUT2D eigenvalue weighted by Crippen LogP contribution is -2.42. The van der Waals surface area contributed by atoms with E-state index in [1.165, 1.54) is 29.0 Å². The molecule has 0 spiro atoms. The molecule has 0 atom stereocenters. The van der Waals surface area contributed by atoms with Gasteiger partial charge in [0, 0.05) is 12.1 Å². The number of nitrogens with one attached hydrogen (secondary N) is 1. The molecule has 1 aliphatic rings. The highest BCUT2D eigenvalue weighted by Gasteiger charge is 2.34. The third kappa shape index (κ3) is 3.81. The van der Waals surface area contributed by atoms with E-state index in [0.29, 0.717) is 23.5 Å². The number of ether oxygens (including phenoxy) is 1. The van der Waals surface area contributed by atoms with Gasteiger partial charge in [-0.2, -0.15) is 0 Å². The largest absolute Gasteiger partial charge is 0.501 e. The smallest absolute Gasteiger partial charge is 0.296 e. The van der Waals surface area contributed by atoms with E-state index in [1.807, 2.05) is 0 Å². The van der Waals surface area contributed by atoms with Crippen LogP contribution in [0, 0.1) is 12.7 Å². The van der Waals surface area contributed by atoms with Crippen molar-refractivity contribution in [3.05, 3.63) is 63.4 Å². The first-order valence-electron chi connectivity index (χ1n) is 9.65. The van der Waals surface area contributed by atoms with E-state index in [-0.39, 0.29) is 24.8 Å².